The molecule has 0 spiro atoms. The number of likely N-dealkylation sites (N-methyl/N-ethyl adjacent to an activating group) is 1. The first-order valence-corrected chi connectivity index (χ1v) is 9.79. The van der Waals surface area contributed by atoms with E-state index in [1.165, 1.54) is 12.8 Å². The van der Waals surface area contributed by atoms with Gasteiger partial charge in [-0.25, -0.2) is 4.79 Å². The van der Waals surface area contributed by atoms with Gasteiger partial charge in [-0.1, -0.05) is 12.1 Å². The number of nitrogens with zero attached hydrogens (tertiary/aromatic N) is 2. The first-order valence-electron chi connectivity index (χ1n) is 9.79. The van der Waals surface area contributed by atoms with Crippen molar-refractivity contribution in [2.24, 2.45) is 5.92 Å². The number of aliphatic hydroxyl groups excluding tert-OH is 1. The predicted molar refractivity (Wildman–Crippen MR) is 105 cm³/mol. The van der Waals surface area contributed by atoms with E-state index in [9.17, 15) is 14.7 Å². The molecule has 1 saturated heterocycles. The third kappa shape index (κ3) is 5.68. The van der Waals surface area contributed by atoms with Crippen molar-refractivity contribution >= 4 is 17.6 Å². The van der Waals surface area contributed by atoms with Gasteiger partial charge in [0.2, 0.25) is 5.91 Å². The maximum Gasteiger partial charge on any atom is 0.321 e. The maximum absolute atomic E-state index is 12.6. The number of hydrogen-bond donors (Lipinski definition) is 3. The van der Waals surface area contributed by atoms with Crippen LogP contribution in [0.3, 0.4) is 0 Å². The number of carbonyl (C=O) groups excluding carboxylic acids is 2. The number of piperazine rings is 1. The molecule has 0 aromatic heterocycles. The van der Waals surface area contributed by atoms with E-state index in [0.717, 1.165) is 30.3 Å². The van der Waals surface area contributed by atoms with E-state index < -0.39 is 0 Å². The highest BCUT2D eigenvalue weighted by atomic mass is 16.3. The molecule has 1 heterocycles. The van der Waals surface area contributed by atoms with Crippen molar-refractivity contribution in [2.75, 3.05) is 45.2 Å². The Morgan fingerprint density at radius 3 is 2.56 bits per heavy atom. The van der Waals surface area contributed by atoms with Crippen LogP contribution in [0, 0.1) is 5.92 Å². The number of aliphatic hydroxyl groups is 1. The summed E-state index contributed by atoms with van der Waals surface area (Å²) < 4.78 is 0. The molecule has 1 aromatic rings. The van der Waals surface area contributed by atoms with Gasteiger partial charge in [0.1, 0.15) is 0 Å². The number of carbonyl (C=O) groups is 2. The molecule has 1 atom stereocenters. The number of benzene rings is 1. The number of rotatable bonds is 7. The molecule has 3 N–H and O–H groups in total. The summed E-state index contributed by atoms with van der Waals surface area (Å²) in [6.45, 7) is 3.45. The van der Waals surface area contributed by atoms with Crippen molar-refractivity contribution in [1.29, 1.82) is 0 Å². The van der Waals surface area contributed by atoms with Gasteiger partial charge < -0.3 is 20.6 Å². The molecule has 0 unspecified atom stereocenters. The predicted octanol–water partition coefficient (Wildman–Crippen LogP) is 1.29. The number of anilines is 1. The molecule has 1 aromatic carbocycles. The fraction of sp³-hybridized carbons (Fsp3) is 0.600. The average Bonchev–Trinajstić information content (AvgIpc) is 3.49. The third-order valence-corrected chi connectivity index (χ3v) is 5.39. The van der Waals surface area contributed by atoms with Crippen molar-refractivity contribution in [2.45, 2.75) is 31.7 Å². The Morgan fingerprint density at radius 1 is 1.19 bits per heavy atom. The van der Waals surface area contributed by atoms with E-state index in [2.05, 4.69) is 15.5 Å². The molecule has 7 nitrogen and oxygen atoms in total. The quantitative estimate of drug-likeness (QED) is 0.671. The lowest BCUT2D eigenvalue weighted by atomic mass is 10.1. The molecule has 0 bridgehead atoms. The maximum atomic E-state index is 12.6. The Balaban J connectivity index is 1.53. The molecule has 1 aliphatic carbocycles. The van der Waals surface area contributed by atoms with Crippen LogP contribution in [0.25, 0.3) is 0 Å². The second-order valence-corrected chi connectivity index (χ2v) is 7.53. The molecule has 7 heteroatoms. The fourth-order valence-corrected chi connectivity index (χ4v) is 3.55. The molecular weight excluding hydrogens is 344 g/mol. The number of nitrogens with one attached hydrogen (secondary N) is 2. The zero-order valence-electron chi connectivity index (χ0n) is 16.0. The van der Waals surface area contributed by atoms with Crippen molar-refractivity contribution in [1.82, 2.24) is 15.1 Å². The smallest absolute Gasteiger partial charge is 0.321 e. The molecule has 3 amide bonds. The minimum Gasteiger partial charge on any atom is -0.396 e. The van der Waals surface area contributed by atoms with Gasteiger partial charge in [-0.05, 0) is 42.9 Å². The average molecular weight is 374 g/mol. The van der Waals surface area contributed by atoms with Crippen molar-refractivity contribution in [3.05, 3.63) is 29.8 Å². The lowest BCUT2D eigenvalue weighted by molar-refractivity contribution is -0.119. The Morgan fingerprint density at radius 2 is 1.93 bits per heavy atom. The van der Waals surface area contributed by atoms with Crippen LogP contribution >= 0.6 is 0 Å². The van der Waals surface area contributed by atoms with Gasteiger partial charge in [0.15, 0.2) is 0 Å². The summed E-state index contributed by atoms with van der Waals surface area (Å²) in [4.78, 5) is 28.3. The highest BCUT2D eigenvalue weighted by Gasteiger charge is 2.33. The van der Waals surface area contributed by atoms with Crippen LogP contribution in [-0.4, -0.2) is 72.7 Å². The van der Waals surface area contributed by atoms with E-state index in [4.69, 9.17) is 0 Å². The Labute approximate surface area is 160 Å². The Bertz CT molecular complexity index is 645. The monoisotopic (exact) mass is 374 g/mol. The summed E-state index contributed by atoms with van der Waals surface area (Å²) in [6.07, 6.45) is 3.64. The van der Waals surface area contributed by atoms with Crippen molar-refractivity contribution in [3.8, 4) is 0 Å². The fourth-order valence-electron chi connectivity index (χ4n) is 3.55. The molecular formula is C20H30N4O3. The Kier molecular flexibility index (Phi) is 6.68. The second-order valence-electron chi connectivity index (χ2n) is 7.53. The van der Waals surface area contributed by atoms with E-state index in [1.807, 2.05) is 29.2 Å². The molecule has 27 heavy (non-hydrogen) atoms. The summed E-state index contributed by atoms with van der Waals surface area (Å²) in [5, 5.41) is 14.9. The third-order valence-electron chi connectivity index (χ3n) is 5.39. The summed E-state index contributed by atoms with van der Waals surface area (Å²) in [5.41, 5.74) is 1.63. The summed E-state index contributed by atoms with van der Waals surface area (Å²) >= 11 is 0. The van der Waals surface area contributed by atoms with E-state index >= 15 is 0 Å². The number of hydrogen-bond acceptors (Lipinski definition) is 4. The first-order chi connectivity index (χ1) is 13.1. The lowest BCUT2D eigenvalue weighted by Gasteiger charge is -2.41. The number of amides is 3. The summed E-state index contributed by atoms with van der Waals surface area (Å²) in [7, 11) is 1.62. The normalized spacial score (nSPS) is 20.4. The van der Waals surface area contributed by atoms with Crippen LogP contribution in [-0.2, 0) is 11.2 Å². The summed E-state index contributed by atoms with van der Waals surface area (Å²) in [6, 6.07) is 7.48. The zero-order valence-corrected chi connectivity index (χ0v) is 16.0. The van der Waals surface area contributed by atoms with Gasteiger partial charge in [-0.3, -0.25) is 9.69 Å². The van der Waals surface area contributed by atoms with E-state index in [-0.39, 0.29) is 24.6 Å². The van der Waals surface area contributed by atoms with Gasteiger partial charge in [0, 0.05) is 51.6 Å². The van der Waals surface area contributed by atoms with E-state index in [0.29, 0.717) is 25.9 Å². The molecule has 2 fully saturated rings. The topological polar surface area (TPSA) is 84.9 Å². The number of urea groups is 1. The standard InChI is InChI=1S/C20H30N4O3/c1-21-19(26)12-15-4-6-17(7-5-15)22-20(27)24-10-9-23(13-16-2-3-16)18(14-24)8-11-25/h4-7,16,18,25H,2-3,8-14H2,1H3,(H,21,26)(H,22,27)/t18-/m1/s1. The highest BCUT2D eigenvalue weighted by molar-refractivity contribution is 5.89. The molecule has 1 aliphatic heterocycles. The van der Waals surface area contributed by atoms with Crippen LogP contribution in [0.2, 0.25) is 0 Å². The minimum absolute atomic E-state index is 0.0363. The SMILES string of the molecule is CNC(=O)Cc1ccc(NC(=O)N2CCN(CC3CC3)[C@H](CCO)C2)cc1. The van der Waals surface area contributed by atoms with Gasteiger partial charge >= 0.3 is 6.03 Å². The highest BCUT2D eigenvalue weighted by Crippen LogP contribution is 2.31. The van der Waals surface area contributed by atoms with E-state index in [1.54, 1.807) is 7.05 Å². The first kappa shape index (κ1) is 19.6. The van der Waals surface area contributed by atoms with Crippen LogP contribution in [0.5, 0.6) is 0 Å². The zero-order chi connectivity index (χ0) is 19.2. The molecule has 2 aliphatic rings. The van der Waals surface area contributed by atoms with Gasteiger partial charge in [-0.15, -0.1) is 0 Å². The minimum atomic E-state index is -0.108. The largest absolute Gasteiger partial charge is 0.396 e. The van der Waals surface area contributed by atoms with Crippen LogP contribution in [0.15, 0.2) is 24.3 Å². The van der Waals surface area contributed by atoms with Crippen LogP contribution in [0.1, 0.15) is 24.8 Å². The van der Waals surface area contributed by atoms with Crippen LogP contribution < -0.4 is 10.6 Å². The van der Waals surface area contributed by atoms with Crippen molar-refractivity contribution in [3.63, 3.8) is 0 Å². The van der Waals surface area contributed by atoms with Gasteiger partial charge in [0.05, 0.1) is 6.42 Å². The van der Waals surface area contributed by atoms with Crippen molar-refractivity contribution < 1.29 is 14.7 Å². The molecule has 3 rings (SSSR count). The lowest BCUT2D eigenvalue weighted by Crippen LogP contribution is -2.56. The molecule has 1 saturated carbocycles. The molecule has 148 valence electrons. The van der Waals surface area contributed by atoms with Gasteiger partial charge in [0.25, 0.3) is 0 Å². The second kappa shape index (κ2) is 9.19. The van der Waals surface area contributed by atoms with Crippen LogP contribution in [0.4, 0.5) is 10.5 Å². The molecule has 0 radical (unpaired) electrons. The Hall–Kier alpha value is -2.12. The van der Waals surface area contributed by atoms with Gasteiger partial charge in [-0.2, -0.15) is 0 Å². The summed E-state index contributed by atoms with van der Waals surface area (Å²) in [5.74, 6) is 0.769.